The van der Waals surface area contributed by atoms with Crippen LogP contribution < -0.4 is 0 Å². The molecule has 5 heteroatoms. The quantitative estimate of drug-likeness (QED) is 0.792. The Kier molecular flexibility index (Phi) is 5.26. The van der Waals surface area contributed by atoms with E-state index in [2.05, 4.69) is 29.9 Å². The number of carbonyl (C=O) groups excluding carboxylic acids is 1. The molecule has 2 fully saturated rings. The lowest BCUT2D eigenvalue weighted by Gasteiger charge is -2.45. The molecule has 2 aromatic rings. The molecule has 0 radical (unpaired) electrons. The van der Waals surface area contributed by atoms with Gasteiger partial charge in [-0.25, -0.2) is 4.79 Å². The highest BCUT2D eigenvalue weighted by molar-refractivity contribution is 5.82. The summed E-state index contributed by atoms with van der Waals surface area (Å²) in [5.41, 5.74) is 1.33. The smallest absolute Gasteiger partial charge is 0.338 e. The van der Waals surface area contributed by atoms with Crippen molar-refractivity contribution in [2.75, 3.05) is 0 Å². The number of aromatic nitrogens is 2. The number of fused-ring (bicyclic) bond motifs is 1. The second-order valence-electron chi connectivity index (χ2n) is 8.44. The van der Waals surface area contributed by atoms with Crippen LogP contribution in [0.4, 0.5) is 0 Å². The van der Waals surface area contributed by atoms with Gasteiger partial charge in [0.05, 0.1) is 11.4 Å². The van der Waals surface area contributed by atoms with Gasteiger partial charge in [-0.2, -0.15) is 0 Å². The van der Waals surface area contributed by atoms with Gasteiger partial charge >= 0.3 is 5.97 Å². The summed E-state index contributed by atoms with van der Waals surface area (Å²) >= 11 is 0. The highest BCUT2D eigenvalue weighted by atomic mass is 16.6. The number of esters is 1. The molecule has 6 atom stereocenters. The fourth-order valence-electron chi connectivity index (χ4n) is 5.34. The molecule has 29 heavy (non-hydrogen) atoms. The first kappa shape index (κ1) is 19.8. The average molecular weight is 392 g/mol. The zero-order valence-corrected chi connectivity index (χ0v) is 17.2. The maximum Gasteiger partial charge on any atom is 0.338 e. The highest BCUT2D eigenvalue weighted by Gasteiger charge is 2.62. The Labute approximate surface area is 171 Å². The van der Waals surface area contributed by atoms with Gasteiger partial charge in [-0.15, -0.1) is 0 Å². The molecule has 1 saturated carbocycles. The summed E-state index contributed by atoms with van der Waals surface area (Å²) in [7, 11) is 0. The van der Waals surface area contributed by atoms with Crippen LogP contribution in [0.15, 0.2) is 48.8 Å². The number of rotatable bonds is 4. The summed E-state index contributed by atoms with van der Waals surface area (Å²) in [5, 5.41) is 11.1. The third-order valence-electron chi connectivity index (χ3n) is 6.68. The summed E-state index contributed by atoms with van der Waals surface area (Å²) in [6.45, 7) is 6.19. The number of ether oxygens (including phenoxy) is 1. The van der Waals surface area contributed by atoms with Crippen molar-refractivity contribution in [2.45, 2.75) is 45.3 Å². The van der Waals surface area contributed by atoms with E-state index >= 15 is 0 Å². The highest BCUT2D eigenvalue weighted by Crippen LogP contribution is 2.52. The molecule has 0 bridgehead atoms. The van der Waals surface area contributed by atoms with Crippen LogP contribution in [0.2, 0.25) is 0 Å². The molecular weight excluding hydrogens is 364 g/mol. The van der Waals surface area contributed by atoms with Crippen LogP contribution >= 0.6 is 0 Å². The minimum atomic E-state index is -1.38. The van der Waals surface area contributed by atoms with Crippen molar-refractivity contribution < 1.29 is 14.6 Å². The number of allylic oxidation sites excluding steroid dienone is 1. The molecule has 3 heterocycles. The largest absolute Gasteiger partial charge is 0.460 e. The maximum absolute atomic E-state index is 12.4. The number of cyclic esters (lactones) is 1. The van der Waals surface area contributed by atoms with Crippen LogP contribution in [0.3, 0.4) is 0 Å². The predicted octanol–water partition coefficient (Wildman–Crippen LogP) is 4.13. The van der Waals surface area contributed by atoms with Crippen molar-refractivity contribution >= 4 is 12.0 Å². The standard InChI is InChI=1S/C24H28N2O3/c1-4-19-15(2)13-24(28)22(16(3)29-23(24)27)20(19)11-10-18-9-8-17(14-26-18)21-7-5-6-12-25-21/h5-12,14-16,19-20,22,28H,4,13H2,1-3H3/b11-10+/t15-,16+,19+,20-,22-,24-/m0/s1. The van der Waals surface area contributed by atoms with Crippen molar-refractivity contribution in [1.82, 2.24) is 9.97 Å². The third-order valence-corrected chi connectivity index (χ3v) is 6.68. The number of hydrogen-bond acceptors (Lipinski definition) is 5. The van der Waals surface area contributed by atoms with Gasteiger partial charge in [0.15, 0.2) is 5.60 Å². The van der Waals surface area contributed by atoms with Gasteiger partial charge in [-0.05, 0) is 61.4 Å². The van der Waals surface area contributed by atoms with E-state index in [1.807, 2.05) is 49.5 Å². The molecule has 1 N–H and O–H groups in total. The van der Waals surface area contributed by atoms with Gasteiger partial charge in [-0.1, -0.05) is 32.4 Å². The van der Waals surface area contributed by atoms with E-state index in [-0.39, 0.29) is 23.9 Å². The lowest BCUT2D eigenvalue weighted by molar-refractivity contribution is -0.160. The van der Waals surface area contributed by atoms with Gasteiger partial charge in [0, 0.05) is 23.9 Å². The fraction of sp³-hybridized carbons (Fsp3) is 0.458. The first-order chi connectivity index (χ1) is 13.9. The Hall–Kier alpha value is -2.53. The van der Waals surface area contributed by atoms with Crippen molar-refractivity contribution in [3.63, 3.8) is 0 Å². The van der Waals surface area contributed by atoms with Gasteiger partial charge in [0.2, 0.25) is 0 Å². The molecule has 0 aromatic carbocycles. The van der Waals surface area contributed by atoms with E-state index in [1.54, 1.807) is 6.20 Å². The first-order valence-electron chi connectivity index (χ1n) is 10.4. The lowest BCUT2D eigenvalue weighted by Crippen LogP contribution is -2.53. The summed E-state index contributed by atoms with van der Waals surface area (Å²) in [6, 6.07) is 9.79. The van der Waals surface area contributed by atoms with E-state index in [4.69, 9.17) is 4.74 Å². The van der Waals surface area contributed by atoms with Crippen LogP contribution in [0, 0.1) is 23.7 Å². The molecular formula is C24H28N2O3. The average Bonchev–Trinajstić information content (AvgIpc) is 2.95. The van der Waals surface area contributed by atoms with E-state index < -0.39 is 11.6 Å². The molecule has 0 spiro atoms. The normalized spacial score (nSPS) is 34.2. The van der Waals surface area contributed by atoms with Gasteiger partial charge < -0.3 is 9.84 Å². The zero-order valence-electron chi connectivity index (χ0n) is 17.2. The first-order valence-corrected chi connectivity index (χ1v) is 10.4. The Morgan fingerprint density at radius 1 is 1.24 bits per heavy atom. The van der Waals surface area contributed by atoms with Crippen molar-refractivity contribution in [1.29, 1.82) is 0 Å². The Morgan fingerprint density at radius 2 is 2.07 bits per heavy atom. The number of carbonyl (C=O) groups is 1. The van der Waals surface area contributed by atoms with Crippen LogP contribution in [0.1, 0.15) is 39.3 Å². The minimum Gasteiger partial charge on any atom is -0.460 e. The summed E-state index contributed by atoms with van der Waals surface area (Å²) in [6.07, 6.45) is 8.90. The van der Waals surface area contributed by atoms with Crippen molar-refractivity contribution in [3.05, 3.63) is 54.5 Å². The van der Waals surface area contributed by atoms with Gasteiger partial charge in [0.1, 0.15) is 6.10 Å². The molecule has 0 unspecified atom stereocenters. The summed E-state index contributed by atoms with van der Waals surface area (Å²) in [4.78, 5) is 21.3. The molecule has 1 aliphatic carbocycles. The molecule has 4 rings (SSSR count). The van der Waals surface area contributed by atoms with Crippen molar-refractivity contribution in [3.8, 4) is 11.3 Å². The third kappa shape index (κ3) is 3.48. The van der Waals surface area contributed by atoms with Crippen molar-refractivity contribution in [2.24, 2.45) is 23.7 Å². The molecule has 0 amide bonds. The number of pyridine rings is 2. The second kappa shape index (κ2) is 7.71. The SMILES string of the molecule is CC[C@H]1[C@H](/C=C/c2ccc(-c3ccccn3)cn2)[C@@H]2[C@@H](C)OC(=O)[C@]2(O)C[C@@H]1C. The zero-order chi connectivity index (χ0) is 20.6. The summed E-state index contributed by atoms with van der Waals surface area (Å²) < 4.78 is 5.45. The lowest BCUT2D eigenvalue weighted by atomic mass is 9.59. The molecule has 1 aliphatic heterocycles. The number of nitrogens with zero attached hydrogens (tertiary/aromatic N) is 2. The van der Waals surface area contributed by atoms with Gasteiger partial charge in [-0.3, -0.25) is 9.97 Å². The summed E-state index contributed by atoms with van der Waals surface area (Å²) in [5.74, 6) is 0.00908. The number of hydrogen-bond donors (Lipinski definition) is 1. The van der Waals surface area contributed by atoms with E-state index in [1.165, 1.54) is 0 Å². The maximum atomic E-state index is 12.4. The molecule has 152 valence electrons. The Bertz CT molecular complexity index is 896. The van der Waals surface area contributed by atoms with Crippen LogP contribution in [-0.2, 0) is 9.53 Å². The van der Waals surface area contributed by atoms with E-state index in [0.717, 1.165) is 23.4 Å². The monoisotopic (exact) mass is 392 g/mol. The molecule has 1 saturated heterocycles. The van der Waals surface area contributed by atoms with Crippen LogP contribution in [0.5, 0.6) is 0 Å². The Balaban J connectivity index is 1.60. The Morgan fingerprint density at radius 3 is 2.72 bits per heavy atom. The molecule has 2 aromatic heterocycles. The van der Waals surface area contributed by atoms with Gasteiger partial charge in [0.25, 0.3) is 0 Å². The van der Waals surface area contributed by atoms with E-state index in [0.29, 0.717) is 12.3 Å². The second-order valence-corrected chi connectivity index (χ2v) is 8.44. The number of aliphatic hydroxyl groups is 1. The molecule has 5 nitrogen and oxygen atoms in total. The van der Waals surface area contributed by atoms with Crippen LogP contribution in [0.25, 0.3) is 17.3 Å². The van der Waals surface area contributed by atoms with E-state index in [9.17, 15) is 9.90 Å². The minimum absolute atomic E-state index is 0.0625. The predicted molar refractivity (Wildman–Crippen MR) is 112 cm³/mol. The topological polar surface area (TPSA) is 72.3 Å². The fourth-order valence-corrected chi connectivity index (χ4v) is 5.34. The van der Waals surface area contributed by atoms with Crippen LogP contribution in [-0.4, -0.2) is 32.7 Å². The molecule has 2 aliphatic rings.